The molecule has 5 heteroatoms. The van der Waals surface area contributed by atoms with Crippen LogP contribution >= 0.6 is 11.6 Å². The van der Waals surface area contributed by atoms with Crippen molar-refractivity contribution in [1.82, 2.24) is 0 Å². The van der Waals surface area contributed by atoms with Crippen molar-refractivity contribution < 1.29 is 19.0 Å². The molecule has 0 aliphatic heterocycles. The maximum atomic E-state index is 13.0. The van der Waals surface area contributed by atoms with E-state index in [1.807, 2.05) is 6.92 Å². The quantitative estimate of drug-likeness (QED) is 0.815. The lowest BCUT2D eigenvalue weighted by Gasteiger charge is -2.21. The Kier molecular flexibility index (Phi) is 6.25. The fourth-order valence-electron chi connectivity index (χ4n) is 1.94. The number of esters is 1. The van der Waals surface area contributed by atoms with Crippen LogP contribution in [-0.4, -0.2) is 18.2 Å². The highest BCUT2D eigenvalue weighted by Gasteiger charge is 2.29. The van der Waals surface area contributed by atoms with Crippen molar-refractivity contribution in [2.24, 2.45) is 5.92 Å². The Labute approximate surface area is 117 Å². The van der Waals surface area contributed by atoms with E-state index in [2.05, 4.69) is 0 Å². The zero-order chi connectivity index (χ0) is 14.4. The molecule has 106 valence electrons. The number of hydrogen-bond donors (Lipinski definition) is 1. The molecule has 0 amide bonds. The topological polar surface area (TPSA) is 46.5 Å². The van der Waals surface area contributed by atoms with Crippen molar-refractivity contribution in [2.45, 2.75) is 32.3 Å². The minimum atomic E-state index is -1.09. The van der Waals surface area contributed by atoms with Gasteiger partial charge in [0.05, 0.1) is 19.1 Å². The normalized spacial score (nSPS) is 13.9. The highest BCUT2D eigenvalue weighted by molar-refractivity contribution is 6.31. The second-order valence-corrected chi connectivity index (χ2v) is 4.79. The largest absolute Gasteiger partial charge is 0.469 e. The zero-order valence-corrected chi connectivity index (χ0v) is 11.8. The maximum Gasteiger partial charge on any atom is 0.311 e. The number of carbonyl (C=O) groups excluding carboxylic acids is 1. The number of benzene rings is 1. The summed E-state index contributed by atoms with van der Waals surface area (Å²) in [6, 6.07) is 3.72. The molecule has 0 spiro atoms. The fourth-order valence-corrected chi connectivity index (χ4v) is 2.22. The molecule has 2 unspecified atom stereocenters. The molecule has 0 aliphatic carbocycles. The maximum absolute atomic E-state index is 13.0. The van der Waals surface area contributed by atoms with Crippen molar-refractivity contribution in [3.63, 3.8) is 0 Å². The highest BCUT2D eigenvalue weighted by Crippen LogP contribution is 2.32. The molecule has 0 heterocycles. The lowest BCUT2D eigenvalue weighted by Crippen LogP contribution is -2.24. The Morgan fingerprint density at radius 1 is 1.53 bits per heavy atom. The summed E-state index contributed by atoms with van der Waals surface area (Å²) in [7, 11) is 1.28. The van der Waals surface area contributed by atoms with Gasteiger partial charge in [0, 0.05) is 10.6 Å². The lowest BCUT2D eigenvalue weighted by atomic mass is 9.91. The predicted octanol–water partition coefficient (Wildman–Crippen LogP) is 3.49. The van der Waals surface area contributed by atoms with Crippen LogP contribution in [0.5, 0.6) is 0 Å². The van der Waals surface area contributed by atoms with Gasteiger partial charge in [-0.1, -0.05) is 37.4 Å². The second-order valence-electron chi connectivity index (χ2n) is 4.38. The van der Waals surface area contributed by atoms with Gasteiger partial charge in [0.1, 0.15) is 5.82 Å². The molecule has 0 aromatic heterocycles. The van der Waals surface area contributed by atoms with Gasteiger partial charge in [-0.2, -0.15) is 0 Å². The number of halogens is 2. The molecule has 19 heavy (non-hydrogen) atoms. The third-order valence-electron chi connectivity index (χ3n) is 3.03. The van der Waals surface area contributed by atoms with Crippen LogP contribution in [0.1, 0.15) is 37.9 Å². The Hall–Kier alpha value is -1.13. The smallest absolute Gasteiger partial charge is 0.311 e. The summed E-state index contributed by atoms with van der Waals surface area (Å²) >= 11 is 5.90. The average molecular weight is 289 g/mol. The van der Waals surface area contributed by atoms with Crippen LogP contribution < -0.4 is 0 Å². The van der Waals surface area contributed by atoms with Crippen molar-refractivity contribution in [1.29, 1.82) is 0 Å². The molecule has 3 nitrogen and oxygen atoms in total. The minimum absolute atomic E-state index is 0.109. The third-order valence-corrected chi connectivity index (χ3v) is 3.36. The molecular formula is C14H18ClFO3. The van der Waals surface area contributed by atoms with Crippen LogP contribution in [0.3, 0.4) is 0 Å². The van der Waals surface area contributed by atoms with E-state index in [9.17, 15) is 14.3 Å². The SMILES string of the molecule is CCCCC(C(=O)OC)C(O)c1ccc(F)cc1Cl. The monoisotopic (exact) mass is 288 g/mol. The van der Waals surface area contributed by atoms with Gasteiger partial charge in [0.2, 0.25) is 0 Å². The van der Waals surface area contributed by atoms with E-state index >= 15 is 0 Å². The lowest BCUT2D eigenvalue weighted by molar-refractivity contribution is -0.150. The molecule has 1 rings (SSSR count). The van der Waals surface area contributed by atoms with Gasteiger partial charge in [-0.25, -0.2) is 4.39 Å². The van der Waals surface area contributed by atoms with E-state index in [-0.39, 0.29) is 5.02 Å². The molecule has 1 aromatic carbocycles. The van der Waals surface area contributed by atoms with Crippen LogP contribution in [0, 0.1) is 11.7 Å². The predicted molar refractivity (Wildman–Crippen MR) is 71.4 cm³/mol. The molecular weight excluding hydrogens is 271 g/mol. The van der Waals surface area contributed by atoms with Gasteiger partial charge in [0.15, 0.2) is 0 Å². The number of rotatable bonds is 6. The molecule has 1 aromatic rings. The highest BCUT2D eigenvalue weighted by atomic mass is 35.5. The Bertz CT molecular complexity index is 437. The van der Waals surface area contributed by atoms with Crippen LogP contribution in [0.25, 0.3) is 0 Å². The number of unbranched alkanes of at least 4 members (excludes halogenated alkanes) is 1. The summed E-state index contributed by atoms with van der Waals surface area (Å²) in [5.74, 6) is -1.65. The first kappa shape index (κ1) is 15.9. The van der Waals surface area contributed by atoms with Crippen molar-refractivity contribution in [2.75, 3.05) is 7.11 Å². The third kappa shape index (κ3) is 4.18. The molecule has 0 bridgehead atoms. The summed E-state index contributed by atoms with van der Waals surface area (Å²) in [5, 5.41) is 10.4. The number of carbonyl (C=O) groups is 1. The number of aliphatic hydroxyl groups is 1. The van der Waals surface area contributed by atoms with Gasteiger partial charge in [-0.05, 0) is 18.6 Å². The Morgan fingerprint density at radius 3 is 2.74 bits per heavy atom. The molecule has 2 atom stereocenters. The summed E-state index contributed by atoms with van der Waals surface area (Å²) in [6.45, 7) is 1.99. The Morgan fingerprint density at radius 2 is 2.21 bits per heavy atom. The molecule has 0 fully saturated rings. The van der Waals surface area contributed by atoms with E-state index in [0.717, 1.165) is 18.9 Å². The first-order valence-electron chi connectivity index (χ1n) is 6.22. The average Bonchev–Trinajstić information content (AvgIpc) is 2.38. The van der Waals surface area contributed by atoms with E-state index in [0.29, 0.717) is 12.0 Å². The van der Waals surface area contributed by atoms with Crippen LogP contribution in [0.15, 0.2) is 18.2 Å². The fraction of sp³-hybridized carbons (Fsp3) is 0.500. The van der Waals surface area contributed by atoms with Crippen molar-refractivity contribution in [3.05, 3.63) is 34.6 Å². The second kappa shape index (κ2) is 7.46. The van der Waals surface area contributed by atoms with Gasteiger partial charge in [0.25, 0.3) is 0 Å². The number of hydrogen-bond acceptors (Lipinski definition) is 3. The summed E-state index contributed by atoms with van der Waals surface area (Å²) in [5.41, 5.74) is 0.342. The van der Waals surface area contributed by atoms with Crippen LogP contribution in [0.4, 0.5) is 4.39 Å². The molecule has 0 saturated heterocycles. The molecule has 1 N–H and O–H groups in total. The Balaban J connectivity index is 2.97. The zero-order valence-electron chi connectivity index (χ0n) is 11.0. The van der Waals surface area contributed by atoms with E-state index in [4.69, 9.17) is 16.3 Å². The van der Waals surface area contributed by atoms with Gasteiger partial charge in [-0.15, -0.1) is 0 Å². The summed E-state index contributed by atoms with van der Waals surface area (Å²) in [6.07, 6.45) is 1.09. The number of methoxy groups -OCH3 is 1. The number of ether oxygens (including phenoxy) is 1. The van der Waals surface area contributed by atoms with Gasteiger partial charge >= 0.3 is 5.97 Å². The number of aliphatic hydroxyl groups excluding tert-OH is 1. The van der Waals surface area contributed by atoms with Gasteiger partial charge < -0.3 is 9.84 Å². The van der Waals surface area contributed by atoms with Crippen molar-refractivity contribution in [3.8, 4) is 0 Å². The first-order valence-corrected chi connectivity index (χ1v) is 6.59. The van der Waals surface area contributed by atoms with Gasteiger partial charge in [-0.3, -0.25) is 4.79 Å². The standard InChI is InChI=1S/C14H18ClFO3/c1-3-4-5-11(14(18)19-2)13(17)10-7-6-9(16)8-12(10)15/h6-8,11,13,17H,3-5H2,1-2H3. The van der Waals surface area contributed by atoms with Crippen molar-refractivity contribution >= 4 is 17.6 Å². The van der Waals surface area contributed by atoms with E-state index in [1.165, 1.54) is 19.2 Å². The van der Waals surface area contributed by atoms with Crippen LogP contribution in [-0.2, 0) is 9.53 Å². The summed E-state index contributed by atoms with van der Waals surface area (Å²) in [4.78, 5) is 11.7. The van der Waals surface area contributed by atoms with Crippen LogP contribution in [0.2, 0.25) is 5.02 Å². The first-order chi connectivity index (χ1) is 9.01. The minimum Gasteiger partial charge on any atom is -0.469 e. The van der Waals surface area contributed by atoms with E-state index in [1.54, 1.807) is 0 Å². The molecule has 0 aliphatic rings. The summed E-state index contributed by atoms with van der Waals surface area (Å²) < 4.78 is 17.7. The van der Waals surface area contributed by atoms with E-state index < -0.39 is 23.8 Å². The molecule has 0 saturated carbocycles. The molecule has 0 radical (unpaired) electrons.